The Morgan fingerprint density at radius 2 is 1.94 bits per heavy atom. The highest BCUT2D eigenvalue weighted by Gasteiger charge is 2.40. The molecule has 2 rings (SSSR count). The molecule has 0 bridgehead atoms. The number of rotatable bonds is 4. The fraction of sp³-hybridized carbons (Fsp3) is 0.923. The number of likely N-dealkylation sites (tertiary alicyclic amines) is 1. The Bertz CT molecular complexity index is 279. The third kappa shape index (κ3) is 3.22. The Morgan fingerprint density at radius 1 is 1.33 bits per heavy atom. The highest BCUT2D eigenvalue weighted by molar-refractivity contribution is 5.76. The van der Waals surface area contributed by atoms with Crippen molar-refractivity contribution in [2.24, 2.45) is 5.92 Å². The van der Waals surface area contributed by atoms with Crippen molar-refractivity contribution in [2.45, 2.75) is 32.0 Å². The second kappa shape index (κ2) is 5.99. The molecule has 0 radical (unpaired) electrons. The SMILES string of the molecule is COCC(C)CC(=O)N1CCC2(CC1)OCCO2. The fourth-order valence-corrected chi connectivity index (χ4v) is 2.65. The summed E-state index contributed by atoms with van der Waals surface area (Å²) in [6, 6.07) is 0. The van der Waals surface area contributed by atoms with Gasteiger partial charge in [0.2, 0.25) is 5.91 Å². The molecule has 0 aromatic heterocycles. The monoisotopic (exact) mass is 257 g/mol. The molecule has 0 N–H and O–H groups in total. The van der Waals surface area contributed by atoms with Crippen LogP contribution in [-0.4, -0.2) is 56.6 Å². The van der Waals surface area contributed by atoms with Crippen molar-refractivity contribution in [3.63, 3.8) is 0 Å². The number of hydrogen-bond donors (Lipinski definition) is 0. The molecule has 1 amide bonds. The number of hydrogen-bond acceptors (Lipinski definition) is 4. The smallest absolute Gasteiger partial charge is 0.222 e. The molecule has 0 aromatic rings. The van der Waals surface area contributed by atoms with Crippen LogP contribution < -0.4 is 0 Å². The average Bonchev–Trinajstić information content (AvgIpc) is 2.78. The van der Waals surface area contributed by atoms with Crippen LogP contribution in [0.4, 0.5) is 0 Å². The van der Waals surface area contributed by atoms with Gasteiger partial charge in [0, 0.05) is 46.1 Å². The van der Waals surface area contributed by atoms with Crippen LogP contribution in [0.25, 0.3) is 0 Å². The highest BCUT2D eigenvalue weighted by atomic mass is 16.7. The summed E-state index contributed by atoms with van der Waals surface area (Å²) in [5.41, 5.74) is 0. The number of piperidine rings is 1. The maximum atomic E-state index is 12.1. The van der Waals surface area contributed by atoms with E-state index in [1.807, 2.05) is 11.8 Å². The van der Waals surface area contributed by atoms with Gasteiger partial charge in [0.15, 0.2) is 5.79 Å². The molecule has 0 aromatic carbocycles. The lowest BCUT2D eigenvalue weighted by atomic mass is 10.0. The van der Waals surface area contributed by atoms with Crippen LogP contribution in [0.2, 0.25) is 0 Å². The summed E-state index contributed by atoms with van der Waals surface area (Å²) in [7, 11) is 1.67. The summed E-state index contributed by atoms with van der Waals surface area (Å²) in [4.78, 5) is 14.0. The Balaban J connectivity index is 1.76. The number of ether oxygens (including phenoxy) is 3. The van der Waals surface area contributed by atoms with Crippen molar-refractivity contribution in [2.75, 3.05) is 40.0 Å². The Labute approximate surface area is 108 Å². The van der Waals surface area contributed by atoms with E-state index in [0.29, 0.717) is 26.2 Å². The molecule has 2 aliphatic heterocycles. The van der Waals surface area contributed by atoms with Crippen LogP contribution in [0, 0.1) is 5.92 Å². The van der Waals surface area contributed by atoms with Gasteiger partial charge < -0.3 is 19.1 Å². The van der Waals surface area contributed by atoms with Crippen LogP contribution in [0.5, 0.6) is 0 Å². The minimum Gasteiger partial charge on any atom is -0.384 e. The maximum Gasteiger partial charge on any atom is 0.222 e. The summed E-state index contributed by atoms with van der Waals surface area (Å²) >= 11 is 0. The topological polar surface area (TPSA) is 48.0 Å². The van der Waals surface area contributed by atoms with Crippen molar-refractivity contribution in [1.82, 2.24) is 4.90 Å². The number of amides is 1. The number of methoxy groups -OCH3 is 1. The predicted octanol–water partition coefficient (Wildman–Crippen LogP) is 1.02. The first-order valence-corrected chi connectivity index (χ1v) is 6.70. The van der Waals surface area contributed by atoms with Gasteiger partial charge in [-0.15, -0.1) is 0 Å². The van der Waals surface area contributed by atoms with Crippen molar-refractivity contribution in [3.05, 3.63) is 0 Å². The summed E-state index contributed by atoms with van der Waals surface area (Å²) in [6.45, 7) is 5.50. The Morgan fingerprint density at radius 3 is 2.50 bits per heavy atom. The zero-order chi connectivity index (χ0) is 13.0. The number of carbonyl (C=O) groups is 1. The summed E-state index contributed by atoms with van der Waals surface area (Å²) in [6.07, 6.45) is 2.14. The van der Waals surface area contributed by atoms with Crippen LogP contribution in [0.3, 0.4) is 0 Å². The average molecular weight is 257 g/mol. The molecule has 1 unspecified atom stereocenters. The van der Waals surface area contributed by atoms with E-state index in [-0.39, 0.29) is 11.8 Å². The number of nitrogens with zero attached hydrogens (tertiary/aromatic N) is 1. The molecule has 2 aliphatic rings. The third-order valence-corrected chi connectivity index (χ3v) is 3.67. The van der Waals surface area contributed by atoms with E-state index in [0.717, 1.165) is 25.9 Å². The van der Waals surface area contributed by atoms with Crippen LogP contribution >= 0.6 is 0 Å². The van der Waals surface area contributed by atoms with Crippen LogP contribution in [-0.2, 0) is 19.0 Å². The van der Waals surface area contributed by atoms with E-state index in [1.54, 1.807) is 7.11 Å². The molecular weight excluding hydrogens is 234 g/mol. The molecule has 1 atom stereocenters. The van der Waals surface area contributed by atoms with Gasteiger partial charge in [-0.2, -0.15) is 0 Å². The van der Waals surface area contributed by atoms with E-state index in [4.69, 9.17) is 14.2 Å². The fourth-order valence-electron chi connectivity index (χ4n) is 2.65. The van der Waals surface area contributed by atoms with E-state index in [2.05, 4.69) is 0 Å². The van der Waals surface area contributed by atoms with Crippen molar-refractivity contribution >= 4 is 5.91 Å². The van der Waals surface area contributed by atoms with Crippen molar-refractivity contribution < 1.29 is 19.0 Å². The third-order valence-electron chi connectivity index (χ3n) is 3.67. The van der Waals surface area contributed by atoms with E-state index in [9.17, 15) is 4.79 Å². The maximum absolute atomic E-state index is 12.1. The number of carbonyl (C=O) groups excluding carboxylic acids is 1. The largest absolute Gasteiger partial charge is 0.384 e. The first kappa shape index (κ1) is 13.8. The minimum absolute atomic E-state index is 0.215. The molecule has 2 saturated heterocycles. The summed E-state index contributed by atoms with van der Waals surface area (Å²) < 4.78 is 16.4. The van der Waals surface area contributed by atoms with E-state index < -0.39 is 5.79 Å². The van der Waals surface area contributed by atoms with Crippen LogP contribution in [0.15, 0.2) is 0 Å². The van der Waals surface area contributed by atoms with Gasteiger partial charge in [0.1, 0.15) is 0 Å². The highest BCUT2D eigenvalue weighted by Crippen LogP contribution is 2.31. The second-order valence-electron chi connectivity index (χ2n) is 5.25. The lowest BCUT2D eigenvalue weighted by Crippen LogP contribution is -2.47. The van der Waals surface area contributed by atoms with Gasteiger partial charge in [-0.3, -0.25) is 4.79 Å². The standard InChI is InChI=1S/C13H23NO4/c1-11(10-16-2)9-12(15)14-5-3-13(4-6-14)17-7-8-18-13/h11H,3-10H2,1-2H3. The predicted molar refractivity (Wildman–Crippen MR) is 66.1 cm³/mol. The molecule has 1 spiro atoms. The van der Waals surface area contributed by atoms with Crippen molar-refractivity contribution in [1.29, 1.82) is 0 Å². The lowest BCUT2D eigenvalue weighted by molar-refractivity contribution is -0.187. The Kier molecular flexibility index (Phi) is 4.59. The molecule has 2 fully saturated rings. The van der Waals surface area contributed by atoms with Crippen molar-refractivity contribution in [3.8, 4) is 0 Å². The van der Waals surface area contributed by atoms with Crippen LogP contribution in [0.1, 0.15) is 26.2 Å². The lowest BCUT2D eigenvalue weighted by Gasteiger charge is -2.37. The normalized spacial score (nSPS) is 24.4. The molecule has 2 heterocycles. The van der Waals surface area contributed by atoms with Gasteiger partial charge in [-0.25, -0.2) is 0 Å². The minimum atomic E-state index is -0.394. The van der Waals surface area contributed by atoms with E-state index in [1.165, 1.54) is 0 Å². The Hall–Kier alpha value is -0.650. The first-order chi connectivity index (χ1) is 8.65. The van der Waals surface area contributed by atoms with Gasteiger partial charge in [0.05, 0.1) is 13.2 Å². The molecule has 0 aliphatic carbocycles. The quantitative estimate of drug-likeness (QED) is 0.754. The van der Waals surface area contributed by atoms with E-state index >= 15 is 0 Å². The molecule has 0 saturated carbocycles. The molecule has 5 heteroatoms. The summed E-state index contributed by atoms with van der Waals surface area (Å²) in [5.74, 6) is 0.0966. The second-order valence-corrected chi connectivity index (χ2v) is 5.25. The first-order valence-electron chi connectivity index (χ1n) is 6.70. The van der Waals surface area contributed by atoms with Gasteiger partial charge in [-0.05, 0) is 5.92 Å². The molecule has 104 valence electrons. The van der Waals surface area contributed by atoms with Gasteiger partial charge >= 0.3 is 0 Å². The molecule has 5 nitrogen and oxygen atoms in total. The molecular formula is C13H23NO4. The molecule has 18 heavy (non-hydrogen) atoms. The zero-order valence-electron chi connectivity index (χ0n) is 11.3. The zero-order valence-corrected chi connectivity index (χ0v) is 11.3. The summed E-state index contributed by atoms with van der Waals surface area (Å²) in [5, 5.41) is 0. The van der Waals surface area contributed by atoms with Gasteiger partial charge in [-0.1, -0.05) is 6.92 Å². The van der Waals surface area contributed by atoms with Gasteiger partial charge in [0.25, 0.3) is 0 Å².